The summed E-state index contributed by atoms with van der Waals surface area (Å²) in [6.07, 6.45) is -1.80. The number of amides is 1. The van der Waals surface area contributed by atoms with Gasteiger partial charge in [-0.3, -0.25) is 4.79 Å². The number of hydrogen-bond donors (Lipinski definition) is 2. The first-order valence-electron chi connectivity index (χ1n) is 3.89. The summed E-state index contributed by atoms with van der Waals surface area (Å²) in [6.45, 7) is 1.66. The Morgan fingerprint density at radius 2 is 2.25 bits per heavy atom. The number of halogens is 1. The van der Waals surface area contributed by atoms with Crippen molar-refractivity contribution in [3.8, 4) is 0 Å². The minimum Gasteiger partial charge on any atom is -0.391 e. The first kappa shape index (κ1) is 9.41. The highest BCUT2D eigenvalue weighted by atomic mass is 19.1. The van der Waals surface area contributed by atoms with Crippen LogP contribution in [0, 0.1) is 0 Å². The van der Waals surface area contributed by atoms with Crippen LogP contribution in [0.25, 0.3) is 0 Å². The van der Waals surface area contributed by atoms with Crippen molar-refractivity contribution in [3.63, 3.8) is 0 Å². The molecule has 4 nitrogen and oxygen atoms in total. The third-order valence-corrected chi connectivity index (χ3v) is 1.95. The number of nitrogens with two attached hydrogens (primary N) is 1. The molecule has 0 spiro atoms. The van der Waals surface area contributed by atoms with Crippen molar-refractivity contribution in [2.45, 2.75) is 25.2 Å². The molecule has 1 amide bonds. The van der Waals surface area contributed by atoms with E-state index in [9.17, 15) is 9.18 Å². The fraction of sp³-hybridized carbons (Fsp3) is 0.857. The number of aliphatic hydroxyl groups excluding tert-OH is 1. The Morgan fingerprint density at radius 3 is 2.58 bits per heavy atom. The summed E-state index contributed by atoms with van der Waals surface area (Å²) in [4.78, 5) is 12.5. The monoisotopic (exact) mass is 176 g/mol. The van der Waals surface area contributed by atoms with Crippen molar-refractivity contribution < 1.29 is 14.3 Å². The van der Waals surface area contributed by atoms with E-state index >= 15 is 0 Å². The molecule has 0 radical (unpaired) electrons. The van der Waals surface area contributed by atoms with E-state index < -0.39 is 18.3 Å². The molecule has 1 aliphatic rings. The van der Waals surface area contributed by atoms with Crippen LogP contribution >= 0.6 is 0 Å². The number of likely N-dealkylation sites (tertiary alicyclic amines) is 1. The Balaban J connectivity index is 2.38. The van der Waals surface area contributed by atoms with Crippen LogP contribution in [-0.2, 0) is 4.79 Å². The van der Waals surface area contributed by atoms with E-state index in [1.54, 1.807) is 0 Å². The first-order chi connectivity index (χ1) is 5.52. The fourth-order valence-corrected chi connectivity index (χ4v) is 1.02. The summed E-state index contributed by atoms with van der Waals surface area (Å²) >= 11 is 0. The predicted molar refractivity (Wildman–Crippen MR) is 41.1 cm³/mol. The molecule has 1 heterocycles. The van der Waals surface area contributed by atoms with Crippen LogP contribution in [0.4, 0.5) is 4.39 Å². The molecule has 0 aromatic carbocycles. The highest BCUT2D eigenvalue weighted by Gasteiger charge is 2.34. The van der Waals surface area contributed by atoms with Gasteiger partial charge in [-0.1, -0.05) is 0 Å². The van der Waals surface area contributed by atoms with E-state index in [2.05, 4.69) is 0 Å². The Bertz CT molecular complexity index is 180. The summed E-state index contributed by atoms with van der Waals surface area (Å²) < 4.78 is 12.3. The fourth-order valence-electron chi connectivity index (χ4n) is 1.02. The Labute approximate surface area is 70.1 Å². The lowest BCUT2D eigenvalue weighted by Gasteiger charge is -2.36. The van der Waals surface area contributed by atoms with Crippen LogP contribution in [0.2, 0.25) is 0 Å². The van der Waals surface area contributed by atoms with Crippen molar-refractivity contribution >= 4 is 5.91 Å². The number of carbonyl (C=O) groups is 1. The summed E-state index contributed by atoms with van der Waals surface area (Å²) in [5.74, 6) is -0.376. The Morgan fingerprint density at radius 1 is 1.75 bits per heavy atom. The zero-order chi connectivity index (χ0) is 9.30. The second-order valence-corrected chi connectivity index (χ2v) is 3.11. The molecule has 12 heavy (non-hydrogen) atoms. The predicted octanol–water partition coefficient (Wildman–Crippen LogP) is -1.13. The third-order valence-electron chi connectivity index (χ3n) is 1.95. The van der Waals surface area contributed by atoms with Crippen LogP contribution in [0.3, 0.4) is 0 Å². The van der Waals surface area contributed by atoms with Crippen LogP contribution in [0.5, 0.6) is 0 Å². The highest BCUT2D eigenvalue weighted by molar-refractivity contribution is 5.83. The van der Waals surface area contributed by atoms with Gasteiger partial charge < -0.3 is 15.7 Å². The maximum absolute atomic E-state index is 12.3. The summed E-state index contributed by atoms with van der Waals surface area (Å²) in [7, 11) is 0. The molecule has 5 heteroatoms. The minimum absolute atomic E-state index is 0.110. The van der Waals surface area contributed by atoms with Crippen molar-refractivity contribution in [2.75, 3.05) is 13.1 Å². The van der Waals surface area contributed by atoms with Crippen molar-refractivity contribution in [1.82, 2.24) is 4.90 Å². The maximum Gasteiger partial charge on any atom is 0.242 e. The molecule has 0 unspecified atom stereocenters. The average Bonchev–Trinajstić information content (AvgIpc) is 1.95. The molecule has 3 N–H and O–H groups in total. The maximum atomic E-state index is 12.3. The van der Waals surface area contributed by atoms with E-state index in [1.165, 1.54) is 11.8 Å². The van der Waals surface area contributed by atoms with E-state index in [0.717, 1.165) is 0 Å². The van der Waals surface area contributed by atoms with Crippen LogP contribution in [0.15, 0.2) is 0 Å². The van der Waals surface area contributed by atoms with Gasteiger partial charge in [-0.25, -0.2) is 4.39 Å². The quantitative estimate of drug-likeness (QED) is 0.559. The van der Waals surface area contributed by atoms with Gasteiger partial charge in [0.15, 0.2) is 0 Å². The number of carbonyl (C=O) groups excluding carboxylic acids is 1. The standard InChI is InChI=1S/C7H13FN2O2/c1-4(11)6(9)7(12)10-2-5(8)3-10/h4-6,11H,2-3,9H2,1H3/t4-,6-/m1/s1. The number of nitrogens with zero attached hydrogens (tertiary/aromatic N) is 1. The highest BCUT2D eigenvalue weighted by Crippen LogP contribution is 2.12. The van der Waals surface area contributed by atoms with E-state index in [0.29, 0.717) is 0 Å². The molecule has 1 aliphatic heterocycles. The van der Waals surface area contributed by atoms with Gasteiger partial charge in [0, 0.05) is 0 Å². The zero-order valence-corrected chi connectivity index (χ0v) is 6.90. The Kier molecular flexibility index (Phi) is 2.64. The van der Waals surface area contributed by atoms with Gasteiger partial charge in [-0.2, -0.15) is 0 Å². The van der Waals surface area contributed by atoms with E-state index in [4.69, 9.17) is 10.8 Å². The van der Waals surface area contributed by atoms with Gasteiger partial charge in [-0.15, -0.1) is 0 Å². The second-order valence-electron chi connectivity index (χ2n) is 3.11. The third kappa shape index (κ3) is 1.73. The second kappa shape index (κ2) is 3.37. The lowest BCUT2D eigenvalue weighted by atomic mass is 10.1. The van der Waals surface area contributed by atoms with Gasteiger partial charge in [0.1, 0.15) is 12.2 Å². The van der Waals surface area contributed by atoms with Crippen molar-refractivity contribution in [3.05, 3.63) is 0 Å². The zero-order valence-electron chi connectivity index (χ0n) is 6.90. The molecule has 0 aromatic heterocycles. The normalized spacial score (nSPS) is 23.2. The first-order valence-corrected chi connectivity index (χ1v) is 3.89. The molecule has 2 atom stereocenters. The number of hydrogen-bond acceptors (Lipinski definition) is 3. The van der Waals surface area contributed by atoms with Crippen LogP contribution < -0.4 is 5.73 Å². The SMILES string of the molecule is C[C@@H](O)[C@@H](N)C(=O)N1CC(F)C1. The Hall–Kier alpha value is -0.680. The average molecular weight is 176 g/mol. The summed E-state index contributed by atoms with van der Waals surface area (Å²) in [5.41, 5.74) is 5.35. The lowest BCUT2D eigenvalue weighted by Crippen LogP contribution is -2.58. The summed E-state index contributed by atoms with van der Waals surface area (Å²) in [6, 6.07) is -0.919. The summed E-state index contributed by atoms with van der Waals surface area (Å²) in [5, 5.41) is 8.96. The van der Waals surface area contributed by atoms with Crippen molar-refractivity contribution in [2.24, 2.45) is 5.73 Å². The molecule has 1 fully saturated rings. The molecule has 0 aliphatic carbocycles. The molecule has 70 valence electrons. The molecule has 1 saturated heterocycles. The molecule has 0 bridgehead atoms. The van der Waals surface area contributed by atoms with Gasteiger partial charge in [0.25, 0.3) is 0 Å². The molecule has 0 saturated carbocycles. The van der Waals surface area contributed by atoms with E-state index in [1.807, 2.05) is 0 Å². The van der Waals surface area contributed by atoms with Gasteiger partial charge in [-0.05, 0) is 6.92 Å². The molecular formula is C7H13FN2O2. The van der Waals surface area contributed by atoms with Crippen molar-refractivity contribution in [1.29, 1.82) is 0 Å². The number of aliphatic hydroxyl groups is 1. The van der Waals surface area contributed by atoms with Crippen LogP contribution in [0.1, 0.15) is 6.92 Å². The number of alkyl halides is 1. The smallest absolute Gasteiger partial charge is 0.242 e. The topological polar surface area (TPSA) is 66.6 Å². The molecule has 1 rings (SSSR count). The number of rotatable bonds is 2. The van der Waals surface area contributed by atoms with Gasteiger partial charge in [0.05, 0.1) is 19.2 Å². The van der Waals surface area contributed by atoms with Gasteiger partial charge >= 0.3 is 0 Å². The lowest BCUT2D eigenvalue weighted by molar-refractivity contribution is -0.141. The van der Waals surface area contributed by atoms with E-state index in [-0.39, 0.29) is 19.0 Å². The molecular weight excluding hydrogens is 163 g/mol. The van der Waals surface area contributed by atoms with Gasteiger partial charge in [0.2, 0.25) is 5.91 Å². The van der Waals surface area contributed by atoms with Crippen LogP contribution in [-0.4, -0.2) is 47.3 Å². The largest absolute Gasteiger partial charge is 0.391 e. The molecule has 0 aromatic rings. The minimum atomic E-state index is -0.921.